The lowest BCUT2D eigenvalue weighted by molar-refractivity contribution is 0.318. The van der Waals surface area contributed by atoms with Gasteiger partial charge in [-0.15, -0.1) is 0 Å². The molecule has 1 aliphatic heterocycles. The fourth-order valence-electron chi connectivity index (χ4n) is 2.14. The minimum atomic E-state index is -2.92. The molecule has 7 heteroatoms. The summed E-state index contributed by atoms with van der Waals surface area (Å²) in [6.45, 7) is 2.77. The summed E-state index contributed by atoms with van der Waals surface area (Å²) in [7, 11) is -2.92. The zero-order valence-electron chi connectivity index (χ0n) is 10.7. The van der Waals surface area contributed by atoms with Crippen molar-refractivity contribution in [2.75, 3.05) is 29.5 Å². The number of anilines is 1. The molecule has 1 fully saturated rings. The number of amidine groups is 1. The van der Waals surface area contributed by atoms with Gasteiger partial charge < -0.3 is 15.8 Å². The highest BCUT2D eigenvalue weighted by molar-refractivity contribution is 7.91. The zero-order chi connectivity index (χ0) is 14.0. The van der Waals surface area contributed by atoms with Crippen molar-refractivity contribution >= 4 is 21.4 Å². The Kier molecular flexibility index (Phi) is 3.66. The van der Waals surface area contributed by atoms with E-state index in [-0.39, 0.29) is 17.3 Å². The Bertz CT molecular complexity index is 597. The van der Waals surface area contributed by atoms with Crippen LogP contribution in [0.1, 0.15) is 11.1 Å². The third-order valence-electron chi connectivity index (χ3n) is 3.22. The average molecular weight is 283 g/mol. The van der Waals surface area contributed by atoms with E-state index in [0.29, 0.717) is 18.7 Å². The molecule has 0 radical (unpaired) electrons. The summed E-state index contributed by atoms with van der Waals surface area (Å²) in [5, 5.41) is 11.9. The second kappa shape index (κ2) is 5.08. The first-order chi connectivity index (χ1) is 8.93. The van der Waals surface area contributed by atoms with Crippen LogP contribution in [0.25, 0.3) is 0 Å². The van der Waals surface area contributed by atoms with Gasteiger partial charge in [0.05, 0.1) is 11.5 Å². The molecule has 1 aromatic carbocycles. The smallest absolute Gasteiger partial charge is 0.172 e. The summed E-state index contributed by atoms with van der Waals surface area (Å²) in [5.74, 6) is 0.305. The molecule has 0 saturated carbocycles. The Labute approximate surface area is 112 Å². The second-order valence-corrected chi connectivity index (χ2v) is 6.95. The number of hydrogen-bond donors (Lipinski definition) is 2. The lowest BCUT2D eigenvalue weighted by atomic mass is 10.1. The Morgan fingerprint density at radius 2 is 2.00 bits per heavy atom. The van der Waals surface area contributed by atoms with Crippen molar-refractivity contribution in [1.82, 2.24) is 0 Å². The van der Waals surface area contributed by atoms with E-state index in [4.69, 9.17) is 10.9 Å². The molecule has 6 nitrogen and oxygen atoms in total. The zero-order valence-corrected chi connectivity index (χ0v) is 11.5. The number of oxime groups is 1. The van der Waals surface area contributed by atoms with Crippen LogP contribution in [0, 0.1) is 6.92 Å². The largest absolute Gasteiger partial charge is 0.409 e. The van der Waals surface area contributed by atoms with Crippen molar-refractivity contribution in [2.45, 2.75) is 6.92 Å². The maximum absolute atomic E-state index is 11.4. The van der Waals surface area contributed by atoms with Crippen LogP contribution < -0.4 is 10.6 Å². The topological polar surface area (TPSA) is 96.0 Å². The molecule has 0 aliphatic carbocycles. The van der Waals surface area contributed by atoms with Crippen LogP contribution in [0.5, 0.6) is 0 Å². The molecule has 0 atom stereocenters. The van der Waals surface area contributed by atoms with Gasteiger partial charge in [0.25, 0.3) is 0 Å². The van der Waals surface area contributed by atoms with E-state index in [0.717, 1.165) is 11.3 Å². The quantitative estimate of drug-likeness (QED) is 0.353. The molecule has 1 saturated heterocycles. The monoisotopic (exact) mass is 283 g/mol. The van der Waals surface area contributed by atoms with Crippen LogP contribution in [-0.2, 0) is 9.84 Å². The van der Waals surface area contributed by atoms with E-state index < -0.39 is 9.84 Å². The summed E-state index contributed by atoms with van der Waals surface area (Å²) in [6, 6.07) is 5.63. The van der Waals surface area contributed by atoms with Gasteiger partial charge >= 0.3 is 0 Å². The number of sulfone groups is 1. The number of benzene rings is 1. The molecule has 1 aliphatic rings. The molecule has 1 heterocycles. The van der Waals surface area contributed by atoms with Gasteiger partial charge in [-0.1, -0.05) is 16.8 Å². The third kappa shape index (κ3) is 2.98. The highest BCUT2D eigenvalue weighted by atomic mass is 32.2. The van der Waals surface area contributed by atoms with Gasteiger partial charge in [-0.3, -0.25) is 0 Å². The fourth-order valence-corrected chi connectivity index (χ4v) is 3.34. The molecule has 19 heavy (non-hydrogen) atoms. The van der Waals surface area contributed by atoms with E-state index >= 15 is 0 Å². The molecule has 0 aromatic heterocycles. The Morgan fingerprint density at radius 3 is 2.58 bits per heavy atom. The first-order valence-electron chi connectivity index (χ1n) is 5.97. The van der Waals surface area contributed by atoms with Gasteiger partial charge in [-0.25, -0.2) is 8.42 Å². The molecule has 1 aromatic rings. The SMILES string of the molecule is Cc1ccc(N2CCS(=O)(=O)CC2)c(/C(N)=N/O)c1. The maximum Gasteiger partial charge on any atom is 0.172 e. The van der Waals surface area contributed by atoms with E-state index in [2.05, 4.69) is 5.16 Å². The Morgan fingerprint density at radius 1 is 1.37 bits per heavy atom. The minimum Gasteiger partial charge on any atom is -0.409 e. The molecule has 0 bridgehead atoms. The van der Waals surface area contributed by atoms with Gasteiger partial charge in [-0.2, -0.15) is 0 Å². The number of rotatable bonds is 2. The lowest BCUT2D eigenvalue weighted by Crippen LogP contribution is -2.41. The molecular formula is C12H17N3O3S. The lowest BCUT2D eigenvalue weighted by Gasteiger charge is -2.30. The van der Waals surface area contributed by atoms with E-state index in [1.54, 1.807) is 0 Å². The van der Waals surface area contributed by atoms with Crippen LogP contribution in [0.3, 0.4) is 0 Å². The molecule has 104 valence electrons. The highest BCUT2D eigenvalue weighted by Gasteiger charge is 2.23. The first-order valence-corrected chi connectivity index (χ1v) is 7.79. The van der Waals surface area contributed by atoms with E-state index in [1.165, 1.54) is 0 Å². The number of nitrogens with zero attached hydrogens (tertiary/aromatic N) is 2. The van der Waals surface area contributed by atoms with Crippen molar-refractivity contribution in [1.29, 1.82) is 0 Å². The van der Waals surface area contributed by atoms with Crippen molar-refractivity contribution in [2.24, 2.45) is 10.9 Å². The Balaban J connectivity index is 2.35. The number of hydrogen-bond acceptors (Lipinski definition) is 5. The van der Waals surface area contributed by atoms with Gasteiger partial charge in [-0.05, 0) is 19.1 Å². The summed E-state index contributed by atoms with van der Waals surface area (Å²) >= 11 is 0. The van der Waals surface area contributed by atoms with Gasteiger partial charge in [0.2, 0.25) is 0 Å². The van der Waals surface area contributed by atoms with Crippen molar-refractivity contribution in [3.05, 3.63) is 29.3 Å². The molecule has 0 spiro atoms. The Hall–Kier alpha value is -1.76. The predicted molar refractivity (Wildman–Crippen MR) is 74.6 cm³/mol. The van der Waals surface area contributed by atoms with Crippen molar-refractivity contribution < 1.29 is 13.6 Å². The minimum absolute atomic E-state index is 0.0344. The van der Waals surface area contributed by atoms with Gasteiger partial charge in [0.15, 0.2) is 15.7 Å². The van der Waals surface area contributed by atoms with E-state index in [9.17, 15) is 8.42 Å². The average Bonchev–Trinajstić information content (AvgIpc) is 2.38. The summed E-state index contributed by atoms with van der Waals surface area (Å²) < 4.78 is 22.9. The van der Waals surface area contributed by atoms with E-state index in [1.807, 2.05) is 30.0 Å². The normalized spacial score (nSPS) is 19.4. The summed E-state index contributed by atoms with van der Waals surface area (Å²) in [5.41, 5.74) is 8.10. The number of aryl methyl sites for hydroxylation is 1. The molecular weight excluding hydrogens is 266 g/mol. The summed E-state index contributed by atoms with van der Waals surface area (Å²) in [6.07, 6.45) is 0. The standard InChI is InChI=1S/C12H17N3O3S/c1-9-2-3-11(10(8-9)12(13)14-16)15-4-6-19(17,18)7-5-15/h2-3,8,16H,4-7H2,1H3,(H2,13,14). The third-order valence-corrected chi connectivity index (χ3v) is 4.83. The first kappa shape index (κ1) is 13.7. The van der Waals surface area contributed by atoms with Crippen LogP contribution >= 0.6 is 0 Å². The van der Waals surface area contributed by atoms with Crippen LogP contribution in [0.4, 0.5) is 5.69 Å². The number of nitrogens with two attached hydrogens (primary N) is 1. The van der Waals surface area contributed by atoms with Crippen molar-refractivity contribution in [3.8, 4) is 0 Å². The maximum atomic E-state index is 11.4. The van der Waals surface area contributed by atoms with Crippen LogP contribution in [0.2, 0.25) is 0 Å². The molecule has 3 N–H and O–H groups in total. The highest BCUT2D eigenvalue weighted by Crippen LogP contribution is 2.23. The summed E-state index contributed by atoms with van der Waals surface area (Å²) in [4.78, 5) is 1.95. The fraction of sp³-hybridized carbons (Fsp3) is 0.417. The molecule has 2 rings (SSSR count). The van der Waals surface area contributed by atoms with Gasteiger partial charge in [0, 0.05) is 24.3 Å². The van der Waals surface area contributed by atoms with Crippen molar-refractivity contribution in [3.63, 3.8) is 0 Å². The van der Waals surface area contributed by atoms with Crippen LogP contribution in [-0.4, -0.2) is 44.1 Å². The van der Waals surface area contributed by atoms with Crippen LogP contribution in [0.15, 0.2) is 23.4 Å². The molecule has 0 unspecified atom stereocenters. The molecule has 0 amide bonds. The predicted octanol–water partition coefficient (Wildman–Crippen LogP) is 0.324. The second-order valence-electron chi connectivity index (χ2n) is 4.64. The van der Waals surface area contributed by atoms with Gasteiger partial charge in [0.1, 0.15) is 0 Å².